The molecule has 1 aliphatic rings. The van der Waals surface area contributed by atoms with Crippen molar-refractivity contribution in [3.05, 3.63) is 0 Å². The first-order valence-electron chi connectivity index (χ1n) is 6.69. The second kappa shape index (κ2) is 7.69. The summed E-state index contributed by atoms with van der Waals surface area (Å²) in [6.45, 7) is 4.15. The van der Waals surface area contributed by atoms with Gasteiger partial charge in [0, 0.05) is 32.6 Å². The minimum absolute atomic E-state index is 0.390. The number of nitrogens with two attached hydrogens (primary N) is 1. The molecule has 0 aromatic carbocycles. The van der Waals surface area contributed by atoms with Gasteiger partial charge in [-0.2, -0.15) is 13.2 Å². The molecule has 0 unspecified atom stereocenters. The van der Waals surface area contributed by atoms with E-state index in [1.807, 2.05) is 0 Å². The Labute approximate surface area is 111 Å². The summed E-state index contributed by atoms with van der Waals surface area (Å²) in [7, 11) is 0. The number of carbonyl (C=O) groups is 1. The second-order valence-electron chi connectivity index (χ2n) is 4.83. The fourth-order valence-corrected chi connectivity index (χ4v) is 2.11. The molecule has 0 bridgehead atoms. The van der Waals surface area contributed by atoms with Gasteiger partial charge in [-0.1, -0.05) is 0 Å². The zero-order chi connectivity index (χ0) is 14.3. The lowest BCUT2D eigenvalue weighted by Gasteiger charge is -2.34. The van der Waals surface area contributed by atoms with Gasteiger partial charge in [0.2, 0.25) is 5.91 Å². The molecule has 4 nitrogen and oxygen atoms in total. The van der Waals surface area contributed by atoms with Gasteiger partial charge in [0.25, 0.3) is 0 Å². The van der Waals surface area contributed by atoms with Crippen molar-refractivity contribution in [3.8, 4) is 0 Å². The predicted molar refractivity (Wildman–Crippen MR) is 66.6 cm³/mol. The molecule has 0 aromatic heterocycles. The highest BCUT2D eigenvalue weighted by Crippen LogP contribution is 2.22. The quantitative estimate of drug-likeness (QED) is 0.745. The maximum atomic E-state index is 12.0. The standard InChI is InChI=1S/C12H22F3N3O/c13-12(14,15)4-3-11(19)18-9-7-17(8-10-18)6-2-1-5-16/h1-10,16H2. The maximum Gasteiger partial charge on any atom is 0.389 e. The monoisotopic (exact) mass is 281 g/mol. The van der Waals surface area contributed by atoms with Gasteiger partial charge in [0.15, 0.2) is 0 Å². The van der Waals surface area contributed by atoms with E-state index in [1.165, 1.54) is 4.90 Å². The van der Waals surface area contributed by atoms with Crippen molar-refractivity contribution in [2.45, 2.75) is 31.9 Å². The number of piperazine rings is 1. The number of hydrogen-bond acceptors (Lipinski definition) is 3. The van der Waals surface area contributed by atoms with Crippen LogP contribution in [0.5, 0.6) is 0 Å². The predicted octanol–water partition coefficient (Wildman–Crippen LogP) is 1.21. The van der Waals surface area contributed by atoms with E-state index in [-0.39, 0.29) is 5.91 Å². The van der Waals surface area contributed by atoms with Crippen molar-refractivity contribution in [1.82, 2.24) is 9.80 Å². The molecule has 0 radical (unpaired) electrons. The van der Waals surface area contributed by atoms with Crippen LogP contribution in [0.2, 0.25) is 0 Å². The molecule has 1 saturated heterocycles. The van der Waals surface area contributed by atoms with Crippen LogP contribution in [-0.4, -0.2) is 61.2 Å². The number of alkyl halides is 3. The van der Waals surface area contributed by atoms with Gasteiger partial charge in [-0.05, 0) is 25.9 Å². The van der Waals surface area contributed by atoms with Crippen LogP contribution in [0.4, 0.5) is 13.2 Å². The number of hydrogen-bond donors (Lipinski definition) is 1. The van der Waals surface area contributed by atoms with Crippen molar-refractivity contribution in [2.75, 3.05) is 39.3 Å². The van der Waals surface area contributed by atoms with Crippen LogP contribution in [0.1, 0.15) is 25.7 Å². The first kappa shape index (κ1) is 16.2. The van der Waals surface area contributed by atoms with Gasteiger partial charge >= 0.3 is 6.18 Å². The zero-order valence-corrected chi connectivity index (χ0v) is 11.1. The van der Waals surface area contributed by atoms with Crippen molar-refractivity contribution < 1.29 is 18.0 Å². The van der Waals surface area contributed by atoms with E-state index < -0.39 is 19.0 Å². The molecule has 0 aliphatic carbocycles. The number of halogens is 3. The van der Waals surface area contributed by atoms with E-state index in [1.54, 1.807) is 0 Å². The van der Waals surface area contributed by atoms with E-state index in [0.29, 0.717) is 19.6 Å². The van der Waals surface area contributed by atoms with E-state index in [4.69, 9.17) is 5.73 Å². The Morgan fingerprint density at radius 3 is 2.26 bits per heavy atom. The van der Waals surface area contributed by atoms with Crippen LogP contribution in [0.25, 0.3) is 0 Å². The van der Waals surface area contributed by atoms with E-state index in [2.05, 4.69) is 4.90 Å². The van der Waals surface area contributed by atoms with Crippen LogP contribution in [0.15, 0.2) is 0 Å². The lowest BCUT2D eigenvalue weighted by atomic mass is 10.2. The van der Waals surface area contributed by atoms with Gasteiger partial charge in [-0.25, -0.2) is 0 Å². The fraction of sp³-hybridized carbons (Fsp3) is 0.917. The first-order chi connectivity index (χ1) is 8.92. The largest absolute Gasteiger partial charge is 0.389 e. The van der Waals surface area contributed by atoms with Crippen molar-refractivity contribution in [2.24, 2.45) is 5.73 Å². The van der Waals surface area contributed by atoms with Gasteiger partial charge in [0.1, 0.15) is 0 Å². The number of rotatable bonds is 6. The number of carbonyl (C=O) groups excluding carboxylic acids is 1. The minimum atomic E-state index is -4.25. The van der Waals surface area contributed by atoms with Crippen molar-refractivity contribution in [3.63, 3.8) is 0 Å². The molecule has 0 spiro atoms. The summed E-state index contributed by atoms with van der Waals surface area (Å²) < 4.78 is 36.1. The average molecular weight is 281 g/mol. The minimum Gasteiger partial charge on any atom is -0.340 e. The van der Waals surface area contributed by atoms with Crippen molar-refractivity contribution in [1.29, 1.82) is 0 Å². The Hall–Kier alpha value is -0.820. The number of nitrogens with zero attached hydrogens (tertiary/aromatic N) is 2. The molecule has 0 atom stereocenters. The average Bonchev–Trinajstić information content (AvgIpc) is 2.36. The summed E-state index contributed by atoms with van der Waals surface area (Å²) in [6, 6.07) is 0. The van der Waals surface area contributed by atoms with E-state index in [9.17, 15) is 18.0 Å². The van der Waals surface area contributed by atoms with Crippen LogP contribution in [0, 0.1) is 0 Å². The summed E-state index contributed by atoms with van der Waals surface area (Å²) in [6.07, 6.45) is -3.71. The fourth-order valence-electron chi connectivity index (χ4n) is 2.11. The Morgan fingerprint density at radius 2 is 1.74 bits per heavy atom. The SMILES string of the molecule is NCCCCN1CCN(C(=O)CCC(F)(F)F)CC1. The Balaban J connectivity index is 2.20. The third-order valence-corrected chi connectivity index (χ3v) is 3.28. The smallest absolute Gasteiger partial charge is 0.340 e. The molecule has 1 aliphatic heterocycles. The molecule has 1 heterocycles. The molecule has 112 valence electrons. The summed E-state index contributed by atoms with van der Waals surface area (Å²) >= 11 is 0. The highest BCUT2D eigenvalue weighted by atomic mass is 19.4. The Bertz CT molecular complexity index is 276. The second-order valence-corrected chi connectivity index (χ2v) is 4.83. The van der Waals surface area contributed by atoms with Gasteiger partial charge in [-0.3, -0.25) is 9.69 Å². The highest BCUT2D eigenvalue weighted by Gasteiger charge is 2.29. The molecule has 19 heavy (non-hydrogen) atoms. The topological polar surface area (TPSA) is 49.6 Å². The highest BCUT2D eigenvalue weighted by molar-refractivity contribution is 5.76. The molecule has 1 rings (SSSR count). The molecule has 7 heteroatoms. The van der Waals surface area contributed by atoms with Crippen LogP contribution in [0.3, 0.4) is 0 Å². The first-order valence-corrected chi connectivity index (χ1v) is 6.69. The van der Waals surface area contributed by atoms with Crippen LogP contribution >= 0.6 is 0 Å². The van der Waals surface area contributed by atoms with Gasteiger partial charge in [-0.15, -0.1) is 0 Å². The molecule has 2 N–H and O–H groups in total. The lowest BCUT2D eigenvalue weighted by Crippen LogP contribution is -2.49. The van der Waals surface area contributed by atoms with E-state index >= 15 is 0 Å². The van der Waals surface area contributed by atoms with Crippen molar-refractivity contribution >= 4 is 5.91 Å². The normalized spacial score (nSPS) is 17.8. The summed E-state index contributed by atoms with van der Waals surface area (Å²) in [4.78, 5) is 15.4. The maximum absolute atomic E-state index is 12.0. The summed E-state index contributed by atoms with van der Waals surface area (Å²) in [5.41, 5.74) is 5.41. The molecular formula is C12H22F3N3O. The van der Waals surface area contributed by atoms with Crippen LogP contribution < -0.4 is 5.73 Å². The van der Waals surface area contributed by atoms with Gasteiger partial charge in [0.05, 0.1) is 6.42 Å². The third-order valence-electron chi connectivity index (χ3n) is 3.28. The number of unbranched alkanes of at least 4 members (excludes halogenated alkanes) is 1. The molecule has 1 fully saturated rings. The molecule has 0 saturated carbocycles. The molecular weight excluding hydrogens is 259 g/mol. The number of amides is 1. The van der Waals surface area contributed by atoms with E-state index in [0.717, 1.165) is 32.5 Å². The lowest BCUT2D eigenvalue weighted by molar-refractivity contribution is -0.150. The van der Waals surface area contributed by atoms with Crippen LogP contribution in [-0.2, 0) is 4.79 Å². The Morgan fingerprint density at radius 1 is 1.11 bits per heavy atom. The molecule has 0 aromatic rings. The Kier molecular flexibility index (Phi) is 6.57. The zero-order valence-electron chi connectivity index (χ0n) is 11.1. The molecule has 1 amide bonds. The summed E-state index contributed by atoms with van der Waals surface area (Å²) in [5, 5.41) is 0. The van der Waals surface area contributed by atoms with Gasteiger partial charge < -0.3 is 10.6 Å². The summed E-state index contributed by atoms with van der Waals surface area (Å²) in [5.74, 6) is -0.390. The third kappa shape index (κ3) is 6.77.